The van der Waals surface area contributed by atoms with Crippen molar-refractivity contribution in [2.24, 2.45) is 5.18 Å². The first-order valence-electron chi connectivity index (χ1n) is 8.05. The van der Waals surface area contributed by atoms with Crippen LogP contribution in [-0.2, 0) is 6.54 Å². The van der Waals surface area contributed by atoms with E-state index < -0.39 is 11.2 Å². The summed E-state index contributed by atoms with van der Waals surface area (Å²) in [6, 6.07) is 10.0. The van der Waals surface area contributed by atoms with Crippen molar-refractivity contribution in [3.8, 4) is 5.75 Å². The van der Waals surface area contributed by atoms with E-state index >= 15 is 0 Å². The number of fused-ring (bicyclic) bond motifs is 1. The van der Waals surface area contributed by atoms with Crippen molar-refractivity contribution in [2.75, 3.05) is 12.4 Å². The van der Waals surface area contributed by atoms with E-state index in [9.17, 15) is 14.5 Å². The fourth-order valence-corrected chi connectivity index (χ4v) is 3.05. The van der Waals surface area contributed by atoms with E-state index in [1.165, 1.54) is 19.1 Å². The van der Waals surface area contributed by atoms with Crippen LogP contribution in [0, 0.1) is 4.91 Å². The molecular weight excluding hydrogens is 370 g/mol. The number of halogens is 1. The Morgan fingerprint density at radius 1 is 1.26 bits per heavy atom. The van der Waals surface area contributed by atoms with Crippen molar-refractivity contribution in [1.29, 1.82) is 0 Å². The van der Waals surface area contributed by atoms with Gasteiger partial charge in [0.05, 0.1) is 23.0 Å². The van der Waals surface area contributed by atoms with Crippen LogP contribution >= 0.6 is 11.6 Å². The number of nitroso groups, excluding NO2 is 1. The Kier molecular flexibility index (Phi) is 5.23. The Labute approximate surface area is 159 Å². The minimum Gasteiger partial charge on any atom is -0.497 e. The first-order chi connectivity index (χ1) is 12.9. The van der Waals surface area contributed by atoms with Crippen molar-refractivity contribution in [1.82, 2.24) is 4.98 Å². The predicted octanol–water partition coefficient (Wildman–Crippen LogP) is 4.40. The first kappa shape index (κ1) is 18.6. The molecule has 0 amide bonds. The molecule has 3 aromatic rings. The lowest BCUT2D eigenvalue weighted by molar-refractivity contribution is 0.101. The molecule has 0 aliphatic heterocycles. The zero-order chi connectivity index (χ0) is 19.6. The van der Waals surface area contributed by atoms with Crippen LogP contribution in [0.5, 0.6) is 5.75 Å². The molecule has 0 aliphatic carbocycles. The number of benzene rings is 2. The second kappa shape index (κ2) is 7.59. The lowest BCUT2D eigenvalue weighted by atomic mass is 10.1. The SMILES string of the molecule is COc1ccc(CNc2[nH]c3c(Cl)cc(N=O)cc3c(=O)c2C(C)=O)cc1. The van der Waals surface area contributed by atoms with Gasteiger partial charge >= 0.3 is 0 Å². The van der Waals surface area contributed by atoms with Crippen LogP contribution in [0.25, 0.3) is 10.9 Å². The summed E-state index contributed by atoms with van der Waals surface area (Å²) in [6.07, 6.45) is 0. The summed E-state index contributed by atoms with van der Waals surface area (Å²) in [4.78, 5) is 38.7. The lowest BCUT2D eigenvalue weighted by Crippen LogP contribution is -2.19. The van der Waals surface area contributed by atoms with Gasteiger partial charge in [-0.15, -0.1) is 4.91 Å². The third kappa shape index (κ3) is 3.68. The van der Waals surface area contributed by atoms with Gasteiger partial charge in [0.2, 0.25) is 5.43 Å². The van der Waals surface area contributed by atoms with Crippen LogP contribution < -0.4 is 15.5 Å². The molecular formula is C19H16ClN3O4. The van der Waals surface area contributed by atoms with E-state index in [0.717, 1.165) is 11.3 Å². The molecule has 0 bridgehead atoms. The van der Waals surface area contributed by atoms with Gasteiger partial charge in [0.1, 0.15) is 22.8 Å². The molecule has 0 fully saturated rings. The third-order valence-electron chi connectivity index (χ3n) is 4.13. The number of rotatable bonds is 6. The largest absolute Gasteiger partial charge is 0.497 e. The number of ketones is 1. The highest BCUT2D eigenvalue weighted by Crippen LogP contribution is 2.28. The standard InChI is InChI=1S/C19H16ClN3O4/c1-10(24)16-18(25)14-7-12(23-26)8-15(20)17(14)22-19(16)21-9-11-3-5-13(27-2)6-4-11/h3-8H,9H2,1-2H3,(H2,21,22,25). The number of methoxy groups -OCH3 is 1. The number of hydrogen-bond acceptors (Lipinski definition) is 6. The molecule has 138 valence electrons. The topological polar surface area (TPSA) is 101 Å². The van der Waals surface area contributed by atoms with E-state index in [1.54, 1.807) is 7.11 Å². The van der Waals surface area contributed by atoms with Crippen molar-refractivity contribution in [2.45, 2.75) is 13.5 Å². The van der Waals surface area contributed by atoms with Gasteiger partial charge in [-0.1, -0.05) is 23.7 Å². The minimum atomic E-state index is -0.513. The van der Waals surface area contributed by atoms with Gasteiger partial charge in [-0.2, -0.15) is 0 Å². The molecule has 0 atom stereocenters. The molecule has 7 nitrogen and oxygen atoms in total. The Balaban J connectivity index is 2.06. The molecule has 0 aliphatic rings. The summed E-state index contributed by atoms with van der Waals surface area (Å²) < 4.78 is 5.12. The minimum absolute atomic E-state index is 0.0199. The van der Waals surface area contributed by atoms with Crippen molar-refractivity contribution in [3.05, 3.63) is 67.7 Å². The van der Waals surface area contributed by atoms with Gasteiger partial charge in [-0.25, -0.2) is 0 Å². The fourth-order valence-electron chi connectivity index (χ4n) is 2.79. The van der Waals surface area contributed by atoms with E-state index in [1.807, 2.05) is 24.3 Å². The van der Waals surface area contributed by atoms with Crippen LogP contribution in [0.1, 0.15) is 22.8 Å². The Bertz CT molecular complexity index is 1090. The number of ether oxygens (including phenoxy) is 1. The Hall–Kier alpha value is -3.19. The van der Waals surface area contributed by atoms with Gasteiger partial charge in [0, 0.05) is 6.54 Å². The number of pyridine rings is 1. The van der Waals surface area contributed by atoms with Gasteiger partial charge < -0.3 is 15.0 Å². The molecule has 1 aromatic heterocycles. The molecule has 27 heavy (non-hydrogen) atoms. The van der Waals surface area contributed by atoms with Crippen molar-refractivity contribution >= 4 is 39.8 Å². The molecule has 0 radical (unpaired) electrons. The highest BCUT2D eigenvalue weighted by atomic mass is 35.5. The predicted molar refractivity (Wildman–Crippen MR) is 105 cm³/mol. The van der Waals surface area contributed by atoms with Crippen LogP contribution in [0.3, 0.4) is 0 Å². The van der Waals surface area contributed by atoms with Crippen molar-refractivity contribution < 1.29 is 9.53 Å². The molecule has 0 saturated heterocycles. The maximum absolute atomic E-state index is 12.8. The highest BCUT2D eigenvalue weighted by molar-refractivity contribution is 6.35. The summed E-state index contributed by atoms with van der Waals surface area (Å²) >= 11 is 6.17. The second-order valence-electron chi connectivity index (χ2n) is 5.90. The first-order valence-corrected chi connectivity index (χ1v) is 8.43. The summed E-state index contributed by atoms with van der Waals surface area (Å²) in [5.74, 6) is 0.592. The van der Waals surface area contributed by atoms with Gasteiger partial charge in [-0.3, -0.25) is 9.59 Å². The van der Waals surface area contributed by atoms with E-state index in [2.05, 4.69) is 15.5 Å². The third-order valence-corrected chi connectivity index (χ3v) is 4.43. The summed E-state index contributed by atoms with van der Waals surface area (Å²) in [7, 11) is 1.58. The van der Waals surface area contributed by atoms with Gasteiger partial charge in [-0.05, 0) is 41.9 Å². The molecule has 2 N–H and O–H groups in total. The molecule has 2 aromatic carbocycles. The van der Waals surface area contributed by atoms with E-state index in [-0.39, 0.29) is 27.5 Å². The number of aromatic amines is 1. The van der Waals surface area contributed by atoms with E-state index in [0.29, 0.717) is 12.1 Å². The summed E-state index contributed by atoms with van der Waals surface area (Å²) in [5.41, 5.74) is 0.733. The molecule has 1 heterocycles. The highest BCUT2D eigenvalue weighted by Gasteiger charge is 2.18. The number of carbonyl (C=O) groups is 1. The number of Topliss-reactive ketones (excluding diaryl/α,β-unsaturated/α-hetero) is 1. The average Bonchev–Trinajstić information content (AvgIpc) is 2.66. The molecule has 0 unspecified atom stereocenters. The van der Waals surface area contributed by atoms with Crippen LogP contribution in [0.15, 0.2) is 46.4 Å². The number of carbonyl (C=O) groups excluding carboxylic acids is 1. The number of aromatic nitrogens is 1. The molecule has 3 rings (SSSR count). The zero-order valence-electron chi connectivity index (χ0n) is 14.6. The summed E-state index contributed by atoms with van der Waals surface area (Å²) in [5, 5.41) is 6.19. The number of H-pyrrole nitrogens is 1. The summed E-state index contributed by atoms with van der Waals surface area (Å²) in [6.45, 7) is 1.68. The zero-order valence-corrected chi connectivity index (χ0v) is 15.4. The number of nitrogens with zero attached hydrogens (tertiary/aromatic N) is 1. The number of hydrogen-bond donors (Lipinski definition) is 2. The quantitative estimate of drug-likeness (QED) is 0.483. The van der Waals surface area contributed by atoms with Crippen molar-refractivity contribution in [3.63, 3.8) is 0 Å². The Morgan fingerprint density at radius 3 is 2.56 bits per heavy atom. The monoisotopic (exact) mass is 385 g/mol. The van der Waals surface area contributed by atoms with Crippen LogP contribution in [0.4, 0.5) is 11.5 Å². The Morgan fingerprint density at radius 2 is 1.96 bits per heavy atom. The molecule has 0 spiro atoms. The maximum atomic E-state index is 12.8. The maximum Gasteiger partial charge on any atom is 0.202 e. The van der Waals surface area contributed by atoms with E-state index in [4.69, 9.17) is 16.3 Å². The molecule has 0 saturated carbocycles. The number of nitrogens with one attached hydrogen (secondary N) is 2. The number of anilines is 1. The lowest BCUT2D eigenvalue weighted by Gasteiger charge is -2.13. The smallest absolute Gasteiger partial charge is 0.202 e. The van der Waals surface area contributed by atoms with Crippen LogP contribution in [0.2, 0.25) is 5.02 Å². The van der Waals surface area contributed by atoms with Gasteiger partial charge in [0.15, 0.2) is 5.78 Å². The average molecular weight is 386 g/mol. The van der Waals surface area contributed by atoms with Gasteiger partial charge in [0.25, 0.3) is 0 Å². The second-order valence-corrected chi connectivity index (χ2v) is 6.31. The molecule has 8 heteroatoms. The van der Waals surface area contributed by atoms with Crippen LogP contribution in [-0.4, -0.2) is 17.9 Å². The normalized spacial score (nSPS) is 10.6. The fraction of sp³-hybridized carbons (Fsp3) is 0.158.